The molecule has 12 aromatic carbocycles. The van der Waals surface area contributed by atoms with Crippen molar-refractivity contribution in [1.29, 1.82) is 0 Å². The summed E-state index contributed by atoms with van der Waals surface area (Å²) in [6.45, 7) is 17.8. The van der Waals surface area contributed by atoms with E-state index in [9.17, 15) is 0 Å². The first-order valence-electron chi connectivity index (χ1n) is 35.3. The van der Waals surface area contributed by atoms with Gasteiger partial charge in [0.25, 0.3) is 0 Å². The van der Waals surface area contributed by atoms with Crippen molar-refractivity contribution < 1.29 is 29.3 Å². The molecule has 5 heterocycles. The average Bonchev–Trinajstić information content (AvgIpc) is 1.23. The predicted molar refractivity (Wildman–Crippen MR) is 419 cm³/mol. The predicted octanol–water partition coefficient (Wildman–Crippen LogP) is 22.3. The van der Waals surface area contributed by atoms with E-state index in [1.165, 1.54) is 0 Å². The zero-order valence-corrected chi connectivity index (χ0v) is 60.7. The topological polar surface area (TPSA) is 146 Å². The van der Waals surface area contributed by atoms with Crippen molar-refractivity contribution in [2.24, 2.45) is 0 Å². The van der Waals surface area contributed by atoms with Gasteiger partial charge in [-0.05, 0) is 0 Å². The minimum atomic E-state index is -4.11. The van der Waals surface area contributed by atoms with Gasteiger partial charge in [-0.3, -0.25) is 0 Å². The second-order valence-corrected chi connectivity index (χ2v) is 30.2. The normalized spacial score (nSPS) is 12.3. The van der Waals surface area contributed by atoms with E-state index in [0.717, 1.165) is 88.3 Å². The van der Waals surface area contributed by atoms with Gasteiger partial charge in [-0.25, -0.2) is 29.9 Å². The number of benzene rings is 12. The molecule has 0 saturated heterocycles. The number of fused-ring (bicyclic) bond motifs is 20. The number of aromatic amines is 2. The number of rotatable bonds is 16. The third-order valence-corrected chi connectivity index (χ3v) is 22.3. The Balaban J connectivity index is 0.000000179. The summed E-state index contributed by atoms with van der Waals surface area (Å²) >= 11 is -4.11. The van der Waals surface area contributed by atoms with E-state index in [2.05, 4.69) is 211 Å². The summed E-state index contributed by atoms with van der Waals surface area (Å²) in [7, 11) is 0. The number of H-pyrrole nitrogens is 2. The summed E-state index contributed by atoms with van der Waals surface area (Å²) in [5, 5.41) is 3.82. The Morgan fingerprint density at radius 1 is 0.219 bits per heavy atom. The Labute approximate surface area is 615 Å². The summed E-state index contributed by atoms with van der Waals surface area (Å²) < 4.78 is 30.5. The smallest absolute Gasteiger partial charge is 0.164 e. The van der Waals surface area contributed by atoms with Gasteiger partial charge in [0.1, 0.15) is 22.6 Å². The first-order valence-corrected chi connectivity index (χ1v) is 37.0. The van der Waals surface area contributed by atoms with Gasteiger partial charge in [0.2, 0.25) is 0 Å². The Morgan fingerprint density at radius 3 is 0.638 bits per heavy atom. The summed E-state index contributed by atoms with van der Waals surface area (Å²) in [5.41, 5.74) is 12.9. The molecule has 17 rings (SSSR count). The van der Waals surface area contributed by atoms with Gasteiger partial charge in [-0.15, -0.1) is 0 Å². The largest absolute Gasteiger partial charge is 0.324 e. The van der Waals surface area contributed by atoms with E-state index in [1.807, 2.05) is 170 Å². The van der Waals surface area contributed by atoms with Crippen LogP contribution in [0.4, 0.5) is 0 Å². The van der Waals surface area contributed by atoms with Gasteiger partial charge < -0.3 is 9.97 Å². The van der Waals surface area contributed by atoms with Gasteiger partial charge in [0.05, 0.1) is 0 Å². The van der Waals surface area contributed by atoms with Gasteiger partial charge in [-0.2, -0.15) is 0 Å². The fourth-order valence-electron chi connectivity index (χ4n) is 14.2. The van der Waals surface area contributed by atoms with Crippen LogP contribution in [0.1, 0.15) is 99.9 Å². The zero-order valence-electron chi connectivity index (χ0n) is 59.7. The van der Waals surface area contributed by atoms with Crippen LogP contribution in [0.3, 0.4) is 0 Å². The number of aromatic nitrogens is 8. The van der Waals surface area contributed by atoms with Crippen molar-refractivity contribution in [3.8, 4) is 68.5 Å². The maximum absolute atomic E-state index is 7.62. The van der Waals surface area contributed by atoms with Crippen molar-refractivity contribution in [1.82, 2.24) is 39.9 Å². The molecule has 3 aromatic heterocycles. The molecule has 0 atom stereocenters. The summed E-state index contributed by atoms with van der Waals surface area (Å²) in [6.07, 6.45) is 0. The molecule has 15 aromatic rings. The molecule has 105 heavy (non-hydrogen) atoms. The van der Waals surface area contributed by atoms with E-state index < -0.39 is 35.6 Å². The van der Waals surface area contributed by atoms with Crippen LogP contribution in [0.5, 0.6) is 23.0 Å². The molecule has 0 fully saturated rings. The molecule has 0 spiro atoms. The maximum atomic E-state index is 7.62. The van der Waals surface area contributed by atoms with E-state index in [0.29, 0.717) is 68.9 Å². The quantitative estimate of drug-likeness (QED) is 0.0959. The monoisotopic (exact) mass is 1420 g/mol. The van der Waals surface area contributed by atoms with Gasteiger partial charge in [0.15, 0.2) is 23.3 Å². The average molecular weight is 1420 g/mol. The van der Waals surface area contributed by atoms with Crippen molar-refractivity contribution >= 4 is 44.1 Å². The summed E-state index contributed by atoms with van der Waals surface area (Å²) in [6, 6.07) is 107. The van der Waals surface area contributed by atoms with Crippen LogP contribution in [0.2, 0.25) is 0 Å². The van der Waals surface area contributed by atoms with Crippen LogP contribution in [-0.4, -0.2) is 39.9 Å². The summed E-state index contributed by atoms with van der Waals surface area (Å²) in [5.74, 6) is 4.75. The van der Waals surface area contributed by atoms with Crippen molar-refractivity contribution in [2.75, 3.05) is 0 Å². The first kappa shape index (κ1) is 67.2. The summed E-state index contributed by atoms with van der Waals surface area (Å²) in [4.78, 5) is 36.8. The third kappa shape index (κ3) is 12.8. The van der Waals surface area contributed by atoms with E-state index in [4.69, 9.17) is 45.3 Å². The standard InChI is InChI=1S/C32H18N8.4C15H16O.Co/c1-2-10-18-17(9-1)25-33-26(18)38-28-21-13-5-6-14-22(21)30(35-28)40-32-24-16-8-7-15-23(24)31(36-32)39-29-20-12-4-3-11-19(20)27(34-29)37-25;4*1-15(2,12-8-4-3-5-9-12)13-10-6-7-11-14(13)16;/h1-16H,(H2,33,34,35,36,37,38,39,40);4*3-11,16H,1-2H3;/q;;;;;+4/p-4. The van der Waals surface area contributed by atoms with Gasteiger partial charge in [0, 0.05) is 43.8 Å². The van der Waals surface area contributed by atoms with Gasteiger partial charge >= 0.3 is 392 Å². The molecule has 2 aliphatic heterocycles. The fourth-order valence-corrected chi connectivity index (χ4v) is 16.4. The van der Waals surface area contributed by atoms with E-state index >= 15 is 0 Å². The minimum Gasteiger partial charge on any atom is -0.324 e. The Bertz CT molecular complexity index is 5190. The Hall–Kier alpha value is -12.3. The number of para-hydroxylation sites is 4. The molecule has 13 heteroatoms. The molecule has 0 aliphatic carbocycles. The number of nitrogens with one attached hydrogen (secondary N) is 2. The zero-order chi connectivity index (χ0) is 71.9. The van der Waals surface area contributed by atoms with E-state index in [1.54, 1.807) is 0 Å². The molecule has 2 N–H and O–H groups in total. The Kier molecular flexibility index (Phi) is 17.6. The van der Waals surface area contributed by atoms with Crippen LogP contribution < -0.4 is 15.4 Å². The molecule has 0 unspecified atom stereocenters. The first-order chi connectivity index (χ1) is 51.0. The molecular formula is C92H78CoN8O4. The molecule has 12 nitrogen and oxygen atoms in total. The minimum absolute atomic E-state index is 0.485. The van der Waals surface area contributed by atoms with Crippen molar-refractivity contribution in [2.45, 2.75) is 77.0 Å². The maximum Gasteiger partial charge on any atom is 0.164 e. The molecule has 519 valence electrons. The van der Waals surface area contributed by atoms with Crippen LogP contribution in [0.25, 0.3) is 89.7 Å². The number of nitrogens with zero attached hydrogens (tertiary/aromatic N) is 6. The number of hydrogen-bond acceptors (Lipinski definition) is 10. The van der Waals surface area contributed by atoms with Crippen LogP contribution in [-0.2, 0) is 35.6 Å². The molecular weight excluding hydrogens is 1340 g/mol. The third-order valence-electron chi connectivity index (χ3n) is 20.3. The molecule has 0 amide bonds. The molecule has 8 bridgehead atoms. The molecule has 2 aliphatic rings. The fraction of sp³-hybridized carbons (Fsp3) is 0.130. The van der Waals surface area contributed by atoms with Crippen molar-refractivity contribution in [3.05, 3.63) is 360 Å². The van der Waals surface area contributed by atoms with E-state index in [-0.39, 0.29) is 0 Å². The van der Waals surface area contributed by atoms with Gasteiger partial charge in [-0.1, -0.05) is 97.1 Å². The second kappa shape index (κ2) is 27.5. The van der Waals surface area contributed by atoms with Crippen LogP contribution >= 0.6 is 0 Å². The van der Waals surface area contributed by atoms with Crippen LogP contribution in [0, 0.1) is 0 Å². The van der Waals surface area contributed by atoms with Crippen LogP contribution in [0.15, 0.2) is 315 Å². The SMILES string of the molecule is CC(C)(c1ccccc1)c1ccccc1[O][Co]([O]c1ccccc1C(C)(C)c1ccccc1)([O]c1ccccc1C(C)(C)c1ccccc1)[O]c1ccccc1C(C)(C)c1ccccc1.c1ccc2c(c1)-c1nc-2nc2[nH]c(nc3nc(nc4[nH]c(n1)c1ccccc41)-c1ccccc1-3)c1ccccc21. The molecule has 0 saturated carbocycles. The second-order valence-electron chi connectivity index (χ2n) is 28.3. The van der Waals surface area contributed by atoms with Crippen molar-refractivity contribution in [3.63, 3.8) is 0 Å². The number of hydrogen-bond donors (Lipinski definition) is 2. The molecule has 0 radical (unpaired) electrons. The Morgan fingerprint density at radius 2 is 0.410 bits per heavy atom.